The van der Waals surface area contributed by atoms with Crippen molar-refractivity contribution in [3.05, 3.63) is 24.3 Å². The number of carboxylic acid groups (broad SMARTS) is 1. The number of carboxylic acids is 1. The maximum Gasteiger partial charge on any atom is 0.320 e. The number of likely N-dealkylation sites (N-methyl/N-ethyl adjacent to an activating group) is 1. The van der Waals surface area contributed by atoms with Crippen LogP contribution in [0.3, 0.4) is 0 Å². The van der Waals surface area contributed by atoms with Crippen LogP contribution < -0.4 is 15.4 Å². The molecule has 0 aliphatic carbocycles. The summed E-state index contributed by atoms with van der Waals surface area (Å²) in [6, 6.07) is 5.97. The summed E-state index contributed by atoms with van der Waals surface area (Å²) in [6.07, 6.45) is -0.900. The Hall–Kier alpha value is -2.08. The van der Waals surface area contributed by atoms with Gasteiger partial charge in [0.2, 0.25) is 0 Å². The molecule has 0 saturated heterocycles. The van der Waals surface area contributed by atoms with Crippen LogP contribution in [-0.4, -0.2) is 36.2 Å². The maximum atomic E-state index is 12.0. The summed E-state index contributed by atoms with van der Waals surface area (Å²) in [5, 5.41) is 8.75. The smallest absolute Gasteiger partial charge is 0.320 e. The van der Waals surface area contributed by atoms with Gasteiger partial charge in [-0.1, -0.05) is 12.1 Å². The zero-order chi connectivity index (χ0) is 13.3. The predicted octanol–water partition coefficient (Wildman–Crippen LogP) is 0.212. The second kappa shape index (κ2) is 4.66. The van der Waals surface area contributed by atoms with Gasteiger partial charge in [-0.15, -0.1) is 0 Å². The van der Waals surface area contributed by atoms with Gasteiger partial charge in [0.25, 0.3) is 5.91 Å². The minimum Gasteiger partial charge on any atom is -0.480 e. The van der Waals surface area contributed by atoms with Gasteiger partial charge in [0.15, 0.2) is 6.10 Å². The molecule has 3 N–H and O–H groups in total. The number of carbonyl (C=O) groups excluding carboxylic acids is 1. The van der Waals surface area contributed by atoms with Crippen LogP contribution in [0.15, 0.2) is 24.3 Å². The summed E-state index contributed by atoms with van der Waals surface area (Å²) in [5.41, 5.74) is 6.09. The second-order valence-electron chi connectivity index (χ2n) is 4.15. The minimum absolute atomic E-state index is 0.0488. The number of nitrogens with zero attached hydrogens (tertiary/aromatic N) is 1. The first kappa shape index (κ1) is 12.4. The van der Waals surface area contributed by atoms with Gasteiger partial charge in [0.1, 0.15) is 11.8 Å². The second-order valence-corrected chi connectivity index (χ2v) is 4.15. The normalized spacial score (nSPS) is 20.0. The Morgan fingerprint density at radius 2 is 2.22 bits per heavy atom. The Balaban J connectivity index is 2.22. The van der Waals surface area contributed by atoms with Crippen molar-refractivity contribution in [1.29, 1.82) is 0 Å². The fourth-order valence-electron chi connectivity index (χ4n) is 1.85. The summed E-state index contributed by atoms with van der Waals surface area (Å²) >= 11 is 0. The molecule has 0 bridgehead atoms. The van der Waals surface area contributed by atoms with Crippen molar-refractivity contribution in [3.63, 3.8) is 0 Å². The van der Waals surface area contributed by atoms with Crippen molar-refractivity contribution >= 4 is 17.6 Å². The van der Waals surface area contributed by atoms with Gasteiger partial charge in [-0.25, -0.2) is 0 Å². The van der Waals surface area contributed by atoms with Crippen LogP contribution in [0, 0.1) is 0 Å². The van der Waals surface area contributed by atoms with Crippen LogP contribution in [0.2, 0.25) is 0 Å². The molecular weight excluding hydrogens is 236 g/mol. The monoisotopic (exact) mass is 250 g/mol. The highest BCUT2D eigenvalue weighted by atomic mass is 16.5. The molecule has 0 saturated carbocycles. The molecule has 1 aromatic carbocycles. The van der Waals surface area contributed by atoms with Gasteiger partial charge in [-0.05, 0) is 12.1 Å². The number of fused-ring (bicyclic) bond motifs is 1. The number of amides is 1. The van der Waals surface area contributed by atoms with Crippen molar-refractivity contribution in [2.75, 3.05) is 11.9 Å². The summed E-state index contributed by atoms with van der Waals surface area (Å²) in [6.45, 7) is 0. The van der Waals surface area contributed by atoms with Crippen molar-refractivity contribution in [2.45, 2.75) is 18.6 Å². The highest BCUT2D eigenvalue weighted by Crippen LogP contribution is 2.33. The van der Waals surface area contributed by atoms with Crippen molar-refractivity contribution in [1.82, 2.24) is 0 Å². The van der Waals surface area contributed by atoms with E-state index in [0.29, 0.717) is 11.4 Å². The molecule has 0 aromatic heterocycles. The SMILES string of the molecule is CN1C(=O)C(CC(N)C(=O)O)Oc2ccccc21. The highest BCUT2D eigenvalue weighted by Gasteiger charge is 2.34. The summed E-state index contributed by atoms with van der Waals surface area (Å²) < 4.78 is 5.50. The van der Waals surface area contributed by atoms with E-state index >= 15 is 0 Å². The average Bonchev–Trinajstić information content (AvgIpc) is 2.35. The molecule has 1 amide bonds. The molecule has 0 spiro atoms. The lowest BCUT2D eigenvalue weighted by molar-refractivity contribution is -0.139. The first-order valence-corrected chi connectivity index (χ1v) is 5.52. The van der Waals surface area contributed by atoms with Crippen LogP contribution in [0.25, 0.3) is 0 Å². The quantitative estimate of drug-likeness (QED) is 0.800. The Morgan fingerprint density at radius 3 is 2.89 bits per heavy atom. The van der Waals surface area contributed by atoms with Crippen LogP contribution >= 0.6 is 0 Å². The van der Waals surface area contributed by atoms with E-state index in [4.69, 9.17) is 15.6 Å². The third kappa shape index (κ3) is 2.14. The van der Waals surface area contributed by atoms with Crippen molar-refractivity contribution in [3.8, 4) is 5.75 Å². The van der Waals surface area contributed by atoms with Gasteiger partial charge in [0.05, 0.1) is 5.69 Å². The number of nitrogens with two attached hydrogens (primary N) is 1. The van der Waals surface area contributed by atoms with E-state index < -0.39 is 18.1 Å². The standard InChI is InChI=1S/C12H14N2O4/c1-14-8-4-2-3-5-9(8)18-10(11(14)15)6-7(13)12(16)17/h2-5,7,10H,6,13H2,1H3,(H,16,17). The summed E-state index contributed by atoms with van der Waals surface area (Å²) in [7, 11) is 1.63. The van der Waals surface area contributed by atoms with Crippen molar-refractivity contribution in [2.24, 2.45) is 5.73 Å². The van der Waals surface area contributed by atoms with E-state index in [0.717, 1.165) is 0 Å². The van der Waals surface area contributed by atoms with Gasteiger partial charge in [0, 0.05) is 13.5 Å². The van der Waals surface area contributed by atoms with Gasteiger partial charge < -0.3 is 20.5 Å². The van der Waals surface area contributed by atoms with Crippen LogP contribution in [0.5, 0.6) is 5.75 Å². The third-order valence-corrected chi connectivity index (χ3v) is 2.89. The van der Waals surface area contributed by atoms with E-state index in [9.17, 15) is 9.59 Å². The molecule has 2 rings (SSSR count). The molecule has 96 valence electrons. The van der Waals surface area contributed by atoms with E-state index in [1.54, 1.807) is 31.3 Å². The lowest BCUT2D eigenvalue weighted by Crippen LogP contribution is -2.47. The first-order chi connectivity index (χ1) is 8.50. The Kier molecular flexibility index (Phi) is 3.20. The topological polar surface area (TPSA) is 92.9 Å². The molecule has 1 aliphatic heterocycles. The first-order valence-electron chi connectivity index (χ1n) is 5.52. The molecule has 0 radical (unpaired) electrons. The fraction of sp³-hybridized carbons (Fsp3) is 0.333. The molecule has 1 aromatic rings. The molecule has 0 fully saturated rings. The molecule has 1 aliphatic rings. The Morgan fingerprint density at radius 1 is 1.56 bits per heavy atom. The van der Waals surface area contributed by atoms with Gasteiger partial charge in [-0.3, -0.25) is 9.59 Å². The number of rotatable bonds is 3. The van der Waals surface area contributed by atoms with Crippen LogP contribution in [0.1, 0.15) is 6.42 Å². The zero-order valence-electron chi connectivity index (χ0n) is 9.87. The van der Waals surface area contributed by atoms with Gasteiger partial charge >= 0.3 is 5.97 Å². The van der Waals surface area contributed by atoms with E-state index in [1.807, 2.05) is 0 Å². The van der Waals surface area contributed by atoms with Gasteiger partial charge in [-0.2, -0.15) is 0 Å². The molecule has 2 atom stereocenters. The number of para-hydroxylation sites is 2. The number of carbonyl (C=O) groups is 2. The summed E-state index contributed by atoms with van der Waals surface area (Å²) in [5.74, 6) is -0.875. The largest absolute Gasteiger partial charge is 0.480 e. The molecular formula is C12H14N2O4. The number of hydrogen-bond acceptors (Lipinski definition) is 4. The number of ether oxygens (including phenoxy) is 1. The highest BCUT2D eigenvalue weighted by molar-refractivity contribution is 5.99. The molecule has 6 nitrogen and oxygen atoms in total. The fourth-order valence-corrected chi connectivity index (χ4v) is 1.85. The number of aliphatic carboxylic acids is 1. The number of anilines is 1. The predicted molar refractivity (Wildman–Crippen MR) is 64.5 cm³/mol. The Labute approximate surface area is 104 Å². The van der Waals surface area contributed by atoms with Crippen molar-refractivity contribution < 1.29 is 19.4 Å². The zero-order valence-corrected chi connectivity index (χ0v) is 9.87. The molecule has 18 heavy (non-hydrogen) atoms. The van der Waals surface area contributed by atoms with Crippen LogP contribution in [0.4, 0.5) is 5.69 Å². The van der Waals surface area contributed by atoms with E-state index in [2.05, 4.69) is 0 Å². The average molecular weight is 250 g/mol. The molecule has 1 heterocycles. The Bertz CT molecular complexity index is 489. The van der Waals surface area contributed by atoms with Crippen LogP contribution in [-0.2, 0) is 9.59 Å². The van der Waals surface area contributed by atoms with E-state index in [1.165, 1.54) is 4.90 Å². The summed E-state index contributed by atoms with van der Waals surface area (Å²) in [4.78, 5) is 24.2. The lowest BCUT2D eigenvalue weighted by Gasteiger charge is -2.32. The number of hydrogen-bond donors (Lipinski definition) is 2. The van der Waals surface area contributed by atoms with E-state index in [-0.39, 0.29) is 12.3 Å². The molecule has 6 heteroatoms. The third-order valence-electron chi connectivity index (χ3n) is 2.89. The maximum absolute atomic E-state index is 12.0. The minimum atomic E-state index is -1.15. The molecule has 2 unspecified atom stereocenters. The lowest BCUT2D eigenvalue weighted by atomic mass is 10.1. The number of benzene rings is 1.